The first-order valence-electron chi connectivity index (χ1n) is 5.88. The highest BCUT2D eigenvalue weighted by molar-refractivity contribution is 7.80. The Balaban J connectivity index is 3.17. The second kappa shape index (κ2) is 6.05. The molecule has 0 amide bonds. The summed E-state index contributed by atoms with van der Waals surface area (Å²) < 4.78 is 1.78. The molecule has 1 heterocycles. The summed E-state index contributed by atoms with van der Waals surface area (Å²) in [6, 6.07) is 0. The summed E-state index contributed by atoms with van der Waals surface area (Å²) in [4.78, 5) is 10.8. The number of aryl methyl sites for hydroxylation is 1. The Hall–Kier alpha value is -1.04. The molecule has 0 aromatic carbocycles. The molecule has 1 aromatic heterocycles. The lowest BCUT2D eigenvalue weighted by Gasteiger charge is -2.09. The molecule has 1 atom stereocenters. The molecular formula is C11H19N3O2S. The van der Waals surface area contributed by atoms with Crippen molar-refractivity contribution in [2.24, 2.45) is 5.92 Å². The van der Waals surface area contributed by atoms with E-state index in [1.807, 2.05) is 13.8 Å². The highest BCUT2D eigenvalue weighted by atomic mass is 32.1. The molecule has 0 aliphatic rings. The summed E-state index contributed by atoms with van der Waals surface area (Å²) in [5.74, 6) is 1.10. The predicted octanol–water partition coefficient (Wildman–Crippen LogP) is 2.48. The second-order valence-electron chi connectivity index (χ2n) is 4.18. The van der Waals surface area contributed by atoms with Crippen molar-refractivity contribution < 1.29 is 4.92 Å². The fraction of sp³-hybridized carbons (Fsp3) is 0.727. The van der Waals surface area contributed by atoms with Crippen LogP contribution in [0.5, 0.6) is 0 Å². The Morgan fingerprint density at radius 2 is 2.12 bits per heavy atom. The van der Waals surface area contributed by atoms with Gasteiger partial charge in [0.05, 0.1) is 4.92 Å². The zero-order valence-corrected chi connectivity index (χ0v) is 11.4. The monoisotopic (exact) mass is 257 g/mol. The first kappa shape index (κ1) is 14.0. The van der Waals surface area contributed by atoms with Gasteiger partial charge < -0.3 is 0 Å². The van der Waals surface area contributed by atoms with Crippen molar-refractivity contribution in [2.45, 2.75) is 40.2 Å². The van der Waals surface area contributed by atoms with Gasteiger partial charge in [0.15, 0.2) is 0 Å². The third-order valence-corrected chi connectivity index (χ3v) is 3.37. The second-order valence-corrected chi connectivity index (χ2v) is 4.54. The molecule has 0 fully saturated rings. The molecule has 0 aliphatic heterocycles. The van der Waals surface area contributed by atoms with Crippen LogP contribution in [0.4, 0.5) is 5.69 Å². The molecule has 0 aliphatic carbocycles. The summed E-state index contributed by atoms with van der Waals surface area (Å²) in [7, 11) is 0. The average Bonchev–Trinajstić information content (AvgIpc) is 2.66. The van der Waals surface area contributed by atoms with Crippen LogP contribution in [0.15, 0.2) is 0 Å². The van der Waals surface area contributed by atoms with Gasteiger partial charge in [0, 0.05) is 6.54 Å². The summed E-state index contributed by atoms with van der Waals surface area (Å²) in [5, 5.41) is 15.4. The topological polar surface area (TPSA) is 61.0 Å². The van der Waals surface area contributed by atoms with E-state index in [-0.39, 0.29) is 10.6 Å². The first-order valence-corrected chi connectivity index (χ1v) is 6.52. The van der Waals surface area contributed by atoms with Crippen molar-refractivity contribution in [3.05, 3.63) is 21.5 Å². The van der Waals surface area contributed by atoms with Crippen LogP contribution < -0.4 is 0 Å². The molecule has 0 N–H and O–H groups in total. The standard InChI is InChI=1S/C11H19N3O2S/c1-4-9-11(14(15)16)10(5-2)13(12-9)6-8(3)7-17/h8,17H,4-7H2,1-3H3. The largest absolute Gasteiger partial charge is 0.313 e. The third-order valence-electron chi connectivity index (χ3n) is 2.75. The maximum atomic E-state index is 11.1. The maximum Gasteiger partial charge on any atom is 0.313 e. The number of rotatable bonds is 6. The molecule has 0 spiro atoms. The molecule has 96 valence electrons. The van der Waals surface area contributed by atoms with E-state index < -0.39 is 0 Å². The molecule has 1 unspecified atom stereocenters. The fourth-order valence-electron chi connectivity index (χ4n) is 1.85. The Morgan fingerprint density at radius 3 is 2.53 bits per heavy atom. The third kappa shape index (κ3) is 3.00. The van der Waals surface area contributed by atoms with E-state index in [2.05, 4.69) is 24.7 Å². The van der Waals surface area contributed by atoms with Gasteiger partial charge in [-0.1, -0.05) is 20.8 Å². The van der Waals surface area contributed by atoms with Crippen LogP contribution in [0, 0.1) is 16.0 Å². The Morgan fingerprint density at radius 1 is 1.47 bits per heavy atom. The summed E-state index contributed by atoms with van der Waals surface area (Å²) in [6.45, 7) is 6.56. The highest BCUT2D eigenvalue weighted by Gasteiger charge is 2.25. The van der Waals surface area contributed by atoms with Gasteiger partial charge in [0.1, 0.15) is 11.4 Å². The molecule has 0 radical (unpaired) electrons. The minimum absolute atomic E-state index is 0.196. The Labute approximate surface area is 107 Å². The minimum Gasteiger partial charge on any atom is -0.262 e. The van der Waals surface area contributed by atoms with Gasteiger partial charge in [0.25, 0.3) is 0 Å². The maximum absolute atomic E-state index is 11.1. The first-order chi connectivity index (χ1) is 8.04. The van der Waals surface area contributed by atoms with Crippen LogP contribution in [-0.4, -0.2) is 20.5 Å². The number of hydrogen-bond donors (Lipinski definition) is 1. The minimum atomic E-state index is -0.313. The van der Waals surface area contributed by atoms with E-state index in [1.165, 1.54) is 0 Å². The number of nitro groups is 1. The van der Waals surface area contributed by atoms with Crippen molar-refractivity contribution in [3.8, 4) is 0 Å². The van der Waals surface area contributed by atoms with Gasteiger partial charge in [-0.2, -0.15) is 17.7 Å². The zero-order valence-electron chi connectivity index (χ0n) is 10.5. The van der Waals surface area contributed by atoms with Crippen LogP contribution >= 0.6 is 12.6 Å². The molecule has 0 saturated carbocycles. The smallest absolute Gasteiger partial charge is 0.262 e. The van der Waals surface area contributed by atoms with E-state index >= 15 is 0 Å². The van der Waals surface area contributed by atoms with Crippen LogP contribution in [0.3, 0.4) is 0 Å². The van der Waals surface area contributed by atoms with E-state index in [1.54, 1.807) is 4.68 Å². The predicted molar refractivity (Wildman–Crippen MR) is 70.7 cm³/mol. The van der Waals surface area contributed by atoms with Crippen molar-refractivity contribution in [2.75, 3.05) is 5.75 Å². The zero-order chi connectivity index (χ0) is 13.0. The molecule has 5 nitrogen and oxygen atoms in total. The number of hydrogen-bond acceptors (Lipinski definition) is 4. The van der Waals surface area contributed by atoms with Gasteiger partial charge in [-0.15, -0.1) is 0 Å². The average molecular weight is 257 g/mol. The van der Waals surface area contributed by atoms with Crippen LogP contribution in [0.25, 0.3) is 0 Å². The number of nitrogens with zero attached hydrogens (tertiary/aromatic N) is 3. The fourth-order valence-corrected chi connectivity index (χ4v) is 1.96. The van der Waals surface area contributed by atoms with Gasteiger partial charge in [-0.05, 0) is 24.5 Å². The van der Waals surface area contributed by atoms with Crippen molar-refractivity contribution in [1.29, 1.82) is 0 Å². The Bertz CT molecular complexity index is 404. The number of thiol groups is 1. The van der Waals surface area contributed by atoms with E-state index in [4.69, 9.17) is 0 Å². The van der Waals surface area contributed by atoms with Crippen molar-refractivity contribution in [1.82, 2.24) is 9.78 Å². The van der Waals surface area contributed by atoms with Crippen LogP contribution in [-0.2, 0) is 19.4 Å². The van der Waals surface area contributed by atoms with Gasteiger partial charge in [0.2, 0.25) is 0 Å². The van der Waals surface area contributed by atoms with Gasteiger partial charge >= 0.3 is 5.69 Å². The van der Waals surface area contributed by atoms with E-state index in [9.17, 15) is 10.1 Å². The molecule has 17 heavy (non-hydrogen) atoms. The molecule has 1 aromatic rings. The number of aromatic nitrogens is 2. The summed E-state index contributed by atoms with van der Waals surface area (Å²) >= 11 is 4.23. The lowest BCUT2D eigenvalue weighted by atomic mass is 10.2. The molecular weight excluding hydrogens is 238 g/mol. The quantitative estimate of drug-likeness (QED) is 0.484. The van der Waals surface area contributed by atoms with Crippen molar-refractivity contribution >= 4 is 18.3 Å². The SMILES string of the molecule is CCc1nn(CC(C)CS)c(CC)c1[N+](=O)[O-]. The normalized spacial score (nSPS) is 12.7. The Kier molecular flexibility index (Phi) is 4.99. The molecule has 0 bridgehead atoms. The molecule has 0 saturated heterocycles. The van der Waals surface area contributed by atoms with Crippen molar-refractivity contribution in [3.63, 3.8) is 0 Å². The summed E-state index contributed by atoms with van der Waals surface area (Å²) in [5.41, 5.74) is 1.50. The van der Waals surface area contributed by atoms with E-state index in [0.717, 1.165) is 11.4 Å². The lowest BCUT2D eigenvalue weighted by molar-refractivity contribution is -0.386. The highest BCUT2D eigenvalue weighted by Crippen LogP contribution is 2.25. The van der Waals surface area contributed by atoms with Gasteiger partial charge in [-0.3, -0.25) is 14.8 Å². The summed E-state index contributed by atoms with van der Waals surface area (Å²) in [6.07, 6.45) is 1.22. The van der Waals surface area contributed by atoms with Crippen LogP contribution in [0.1, 0.15) is 32.2 Å². The molecule has 1 rings (SSSR count). The van der Waals surface area contributed by atoms with Crippen LogP contribution in [0.2, 0.25) is 0 Å². The molecule has 6 heteroatoms. The van der Waals surface area contributed by atoms with E-state index in [0.29, 0.717) is 31.0 Å². The van der Waals surface area contributed by atoms with Gasteiger partial charge in [-0.25, -0.2) is 0 Å². The lowest BCUT2D eigenvalue weighted by Crippen LogP contribution is -2.13.